The van der Waals surface area contributed by atoms with Crippen LogP contribution in [0.15, 0.2) is 30.5 Å². The third-order valence-electron chi connectivity index (χ3n) is 3.54. The van der Waals surface area contributed by atoms with Gasteiger partial charge in [0.15, 0.2) is 12.5 Å². The highest BCUT2D eigenvalue weighted by molar-refractivity contribution is 8.00. The number of benzene rings is 1. The zero-order valence-electron chi connectivity index (χ0n) is 13.5. The molecule has 0 saturated carbocycles. The number of carbonyl (C=O) groups excluding carboxylic acids is 1. The second-order valence-corrected chi connectivity index (χ2v) is 6.59. The predicted octanol–water partition coefficient (Wildman–Crippen LogP) is 3.41. The first-order valence-electron chi connectivity index (χ1n) is 7.75. The summed E-state index contributed by atoms with van der Waals surface area (Å²) >= 11 is 0.665. The average molecular weight is 377 g/mol. The van der Waals surface area contributed by atoms with Crippen LogP contribution in [0.1, 0.15) is 5.56 Å². The van der Waals surface area contributed by atoms with Gasteiger partial charge in [-0.15, -0.1) is 11.8 Å². The lowest BCUT2D eigenvalue weighted by atomic mass is 10.0. The number of morpholine rings is 1. The van der Waals surface area contributed by atoms with Gasteiger partial charge in [0.2, 0.25) is 0 Å². The van der Waals surface area contributed by atoms with E-state index < -0.39 is 30.0 Å². The van der Waals surface area contributed by atoms with Crippen LogP contribution in [0.25, 0.3) is 5.57 Å². The van der Waals surface area contributed by atoms with Crippen molar-refractivity contribution in [1.29, 1.82) is 0 Å². The molecule has 0 aromatic heterocycles. The van der Waals surface area contributed by atoms with Gasteiger partial charge < -0.3 is 9.64 Å². The van der Waals surface area contributed by atoms with E-state index in [-0.39, 0.29) is 11.3 Å². The summed E-state index contributed by atoms with van der Waals surface area (Å²) < 4.78 is 56.8. The molecule has 25 heavy (non-hydrogen) atoms. The van der Waals surface area contributed by atoms with Crippen molar-refractivity contribution in [2.45, 2.75) is 5.92 Å². The van der Waals surface area contributed by atoms with E-state index in [1.165, 1.54) is 18.2 Å². The van der Waals surface area contributed by atoms with E-state index >= 15 is 0 Å². The Labute approximate surface area is 148 Å². The Bertz CT molecular complexity index is 618. The molecular formula is C17H19F4NO2S. The highest BCUT2D eigenvalue weighted by Crippen LogP contribution is 2.24. The van der Waals surface area contributed by atoms with Gasteiger partial charge in [0.1, 0.15) is 5.82 Å². The Kier molecular flexibility index (Phi) is 7.31. The van der Waals surface area contributed by atoms with Gasteiger partial charge >= 0.3 is 0 Å². The van der Waals surface area contributed by atoms with Crippen LogP contribution >= 0.6 is 11.8 Å². The standard InChI is InChI=1S/C17H19F4NO2S/c18-11-17(20,21)12-25-10-16(23)15(9-22-4-6-24-7-5-22)13-2-1-3-14(19)8-13/h1-3,8-9H,4-7,10-12H2/b15-9-. The largest absolute Gasteiger partial charge is 0.378 e. The van der Waals surface area contributed by atoms with Crippen molar-refractivity contribution in [3.05, 3.63) is 41.8 Å². The summed E-state index contributed by atoms with van der Waals surface area (Å²) in [6.45, 7) is 0.435. The van der Waals surface area contributed by atoms with E-state index in [2.05, 4.69) is 0 Å². The molecule has 0 N–H and O–H groups in total. The molecule has 0 aliphatic carbocycles. The fourth-order valence-electron chi connectivity index (χ4n) is 2.26. The fraction of sp³-hybridized carbons (Fsp3) is 0.471. The summed E-state index contributed by atoms with van der Waals surface area (Å²) in [4.78, 5) is 14.4. The van der Waals surface area contributed by atoms with Crippen LogP contribution in [0.3, 0.4) is 0 Å². The molecule has 0 amide bonds. The van der Waals surface area contributed by atoms with Crippen molar-refractivity contribution in [2.24, 2.45) is 0 Å². The average Bonchev–Trinajstić information content (AvgIpc) is 2.60. The molecule has 1 heterocycles. The van der Waals surface area contributed by atoms with Crippen molar-refractivity contribution >= 4 is 23.1 Å². The number of rotatable bonds is 8. The molecule has 138 valence electrons. The number of thioether (sulfide) groups is 1. The van der Waals surface area contributed by atoms with E-state index in [4.69, 9.17) is 4.74 Å². The minimum Gasteiger partial charge on any atom is -0.378 e. The summed E-state index contributed by atoms with van der Waals surface area (Å²) in [6, 6.07) is 5.56. The van der Waals surface area contributed by atoms with Crippen LogP contribution in [0.4, 0.5) is 17.6 Å². The number of nitrogens with zero attached hydrogens (tertiary/aromatic N) is 1. The molecule has 0 radical (unpaired) electrons. The Morgan fingerprint density at radius 3 is 2.68 bits per heavy atom. The van der Waals surface area contributed by atoms with Crippen molar-refractivity contribution in [3.63, 3.8) is 0 Å². The van der Waals surface area contributed by atoms with Gasteiger partial charge in [0, 0.05) is 24.9 Å². The first-order chi connectivity index (χ1) is 11.9. The molecule has 1 aromatic carbocycles. The number of alkyl halides is 3. The zero-order valence-corrected chi connectivity index (χ0v) is 14.3. The summed E-state index contributed by atoms with van der Waals surface area (Å²) in [5.41, 5.74) is 0.631. The van der Waals surface area contributed by atoms with Crippen molar-refractivity contribution in [3.8, 4) is 0 Å². The number of halogens is 4. The first kappa shape index (κ1) is 19.8. The third kappa shape index (κ3) is 6.36. The lowest BCUT2D eigenvalue weighted by Crippen LogP contribution is -2.32. The van der Waals surface area contributed by atoms with Crippen LogP contribution in [0, 0.1) is 5.82 Å². The van der Waals surface area contributed by atoms with Crippen LogP contribution in [-0.4, -0.2) is 61.1 Å². The van der Waals surface area contributed by atoms with E-state index in [1.54, 1.807) is 12.3 Å². The second kappa shape index (κ2) is 9.24. The monoisotopic (exact) mass is 377 g/mol. The first-order valence-corrected chi connectivity index (χ1v) is 8.91. The van der Waals surface area contributed by atoms with E-state index in [0.717, 1.165) is 0 Å². The molecule has 3 nitrogen and oxygen atoms in total. The number of Topliss-reactive ketones (excluding diaryl/α,β-unsaturated/α-hetero) is 1. The Morgan fingerprint density at radius 2 is 2.04 bits per heavy atom. The fourth-order valence-corrected chi connectivity index (χ4v) is 3.08. The highest BCUT2D eigenvalue weighted by Gasteiger charge is 2.29. The summed E-state index contributed by atoms with van der Waals surface area (Å²) in [5.74, 6) is -5.35. The topological polar surface area (TPSA) is 29.5 Å². The summed E-state index contributed by atoms with van der Waals surface area (Å²) in [6.07, 6.45) is 1.62. The van der Waals surface area contributed by atoms with E-state index in [9.17, 15) is 22.4 Å². The number of hydrogen-bond acceptors (Lipinski definition) is 4. The second-order valence-electron chi connectivity index (χ2n) is 5.61. The summed E-state index contributed by atoms with van der Waals surface area (Å²) in [7, 11) is 0. The molecule has 1 saturated heterocycles. The maximum Gasteiger partial charge on any atom is 0.284 e. The third-order valence-corrected chi connectivity index (χ3v) is 4.63. The number of allylic oxidation sites excluding steroid dienone is 1. The van der Waals surface area contributed by atoms with Gasteiger partial charge in [0.25, 0.3) is 5.92 Å². The maximum absolute atomic E-state index is 13.5. The Morgan fingerprint density at radius 1 is 1.32 bits per heavy atom. The number of hydrogen-bond donors (Lipinski definition) is 0. The van der Waals surface area contributed by atoms with Gasteiger partial charge in [-0.2, -0.15) is 0 Å². The minimum atomic E-state index is -3.45. The number of ketones is 1. The SMILES string of the molecule is O=C(CSCC(F)(F)CF)/C(=C\N1CCOCC1)c1cccc(F)c1. The molecule has 0 atom stereocenters. The molecule has 2 rings (SSSR count). The minimum absolute atomic E-state index is 0.234. The van der Waals surface area contributed by atoms with Crippen LogP contribution in [0.5, 0.6) is 0 Å². The number of ether oxygens (including phenoxy) is 1. The van der Waals surface area contributed by atoms with Gasteiger partial charge in [-0.25, -0.2) is 17.6 Å². The lowest BCUT2D eigenvalue weighted by Gasteiger charge is -2.26. The van der Waals surface area contributed by atoms with Gasteiger partial charge in [-0.1, -0.05) is 12.1 Å². The summed E-state index contributed by atoms with van der Waals surface area (Å²) in [5, 5.41) is 0. The quantitative estimate of drug-likeness (QED) is 0.513. The van der Waals surface area contributed by atoms with Crippen LogP contribution in [-0.2, 0) is 9.53 Å². The zero-order chi connectivity index (χ0) is 18.3. The molecule has 1 fully saturated rings. The normalized spacial score (nSPS) is 16.2. The van der Waals surface area contributed by atoms with Gasteiger partial charge in [-0.3, -0.25) is 4.79 Å². The van der Waals surface area contributed by atoms with E-state index in [0.29, 0.717) is 43.6 Å². The predicted molar refractivity (Wildman–Crippen MR) is 90.0 cm³/mol. The van der Waals surface area contributed by atoms with Crippen molar-refractivity contribution < 1.29 is 27.1 Å². The van der Waals surface area contributed by atoms with Crippen LogP contribution in [0.2, 0.25) is 0 Å². The number of carbonyl (C=O) groups is 1. The van der Waals surface area contributed by atoms with Crippen molar-refractivity contribution in [2.75, 3.05) is 44.5 Å². The molecule has 0 bridgehead atoms. The molecule has 1 aliphatic heterocycles. The molecule has 0 unspecified atom stereocenters. The maximum atomic E-state index is 13.5. The molecule has 1 aromatic rings. The highest BCUT2D eigenvalue weighted by atomic mass is 32.2. The van der Waals surface area contributed by atoms with Crippen LogP contribution < -0.4 is 0 Å². The molecule has 1 aliphatic rings. The Balaban J connectivity index is 2.13. The smallest absolute Gasteiger partial charge is 0.284 e. The van der Waals surface area contributed by atoms with Gasteiger partial charge in [0.05, 0.1) is 24.7 Å². The lowest BCUT2D eigenvalue weighted by molar-refractivity contribution is -0.111. The van der Waals surface area contributed by atoms with E-state index in [1.807, 2.05) is 4.90 Å². The Hall–Kier alpha value is -1.54. The molecule has 0 spiro atoms. The van der Waals surface area contributed by atoms with Gasteiger partial charge in [-0.05, 0) is 17.7 Å². The van der Waals surface area contributed by atoms with Crippen molar-refractivity contribution in [1.82, 2.24) is 4.90 Å². The molecule has 8 heteroatoms. The molecular weight excluding hydrogens is 358 g/mol.